The summed E-state index contributed by atoms with van der Waals surface area (Å²) >= 11 is 0. The van der Waals surface area contributed by atoms with Gasteiger partial charge in [-0.15, -0.1) is 0 Å². The molecular formula is C30H38N2. The fourth-order valence-electron chi connectivity index (χ4n) is 8.19. The van der Waals surface area contributed by atoms with Gasteiger partial charge in [-0.3, -0.25) is 4.99 Å². The fraction of sp³-hybridized carbons (Fsp3) is 0.567. The van der Waals surface area contributed by atoms with Gasteiger partial charge in [0.1, 0.15) is 0 Å². The van der Waals surface area contributed by atoms with Crippen molar-refractivity contribution in [3.05, 3.63) is 59.2 Å². The average molecular weight is 427 g/mol. The van der Waals surface area contributed by atoms with Crippen LogP contribution >= 0.6 is 0 Å². The van der Waals surface area contributed by atoms with Crippen molar-refractivity contribution in [3.8, 4) is 0 Å². The first-order valence-electron chi connectivity index (χ1n) is 12.8. The Morgan fingerprint density at radius 3 is 2.12 bits per heavy atom. The van der Waals surface area contributed by atoms with Crippen molar-refractivity contribution in [1.82, 2.24) is 0 Å². The smallest absolute Gasteiger partial charge is 0.0630 e. The zero-order valence-corrected chi connectivity index (χ0v) is 20.3. The van der Waals surface area contributed by atoms with Crippen LogP contribution < -0.4 is 4.90 Å². The molecule has 0 N–H and O–H groups in total. The highest BCUT2D eigenvalue weighted by Gasteiger charge is 2.51. The van der Waals surface area contributed by atoms with Crippen LogP contribution in [0.4, 0.5) is 11.4 Å². The molecule has 1 atom stereocenters. The molecule has 2 heteroatoms. The Balaban J connectivity index is 1.21. The minimum Gasteiger partial charge on any atom is -0.369 e. The quantitative estimate of drug-likeness (QED) is 0.461. The molecule has 32 heavy (non-hydrogen) atoms. The molecule has 168 valence electrons. The lowest BCUT2D eigenvalue weighted by Gasteiger charge is -2.57. The number of anilines is 1. The van der Waals surface area contributed by atoms with Crippen LogP contribution in [0.5, 0.6) is 0 Å². The molecule has 0 amide bonds. The summed E-state index contributed by atoms with van der Waals surface area (Å²) in [5.41, 5.74) is 7.37. The van der Waals surface area contributed by atoms with E-state index in [1.807, 2.05) is 6.21 Å². The lowest BCUT2D eigenvalue weighted by Crippen LogP contribution is -2.48. The molecule has 4 bridgehead atoms. The van der Waals surface area contributed by atoms with Gasteiger partial charge in [-0.25, -0.2) is 0 Å². The molecule has 5 aliphatic rings. The molecular weight excluding hydrogens is 388 g/mol. The van der Waals surface area contributed by atoms with Crippen LogP contribution in [0.15, 0.2) is 47.5 Å². The molecule has 4 fully saturated rings. The van der Waals surface area contributed by atoms with E-state index in [9.17, 15) is 0 Å². The van der Waals surface area contributed by atoms with Gasteiger partial charge in [0, 0.05) is 24.5 Å². The molecule has 1 aliphatic heterocycles. The van der Waals surface area contributed by atoms with E-state index < -0.39 is 0 Å². The third kappa shape index (κ3) is 3.33. The van der Waals surface area contributed by atoms with E-state index in [2.05, 4.69) is 75.2 Å². The normalized spacial score (nSPS) is 34.8. The Kier molecular flexibility index (Phi) is 4.62. The molecule has 0 saturated heterocycles. The summed E-state index contributed by atoms with van der Waals surface area (Å²) < 4.78 is 0. The highest BCUT2D eigenvalue weighted by Crippen LogP contribution is 2.60. The third-order valence-electron chi connectivity index (χ3n) is 9.54. The first-order chi connectivity index (χ1) is 15.3. The van der Waals surface area contributed by atoms with Crippen molar-refractivity contribution in [3.63, 3.8) is 0 Å². The second kappa shape index (κ2) is 7.20. The topological polar surface area (TPSA) is 15.6 Å². The second-order valence-electron chi connectivity index (χ2n) is 12.3. The van der Waals surface area contributed by atoms with Crippen LogP contribution in [-0.2, 0) is 5.41 Å². The molecule has 2 aromatic carbocycles. The molecule has 0 aromatic heterocycles. The van der Waals surface area contributed by atoms with Crippen LogP contribution in [0.25, 0.3) is 0 Å². The number of fused-ring (bicyclic) bond motifs is 1. The van der Waals surface area contributed by atoms with E-state index in [-0.39, 0.29) is 5.54 Å². The van der Waals surface area contributed by atoms with Gasteiger partial charge in [-0.1, -0.05) is 25.1 Å². The summed E-state index contributed by atoms with van der Waals surface area (Å²) in [7, 11) is 2.23. The van der Waals surface area contributed by atoms with Gasteiger partial charge in [0.15, 0.2) is 0 Å². The number of nitrogens with zero attached hydrogens (tertiary/aromatic N) is 2. The fourth-order valence-corrected chi connectivity index (χ4v) is 8.19. The van der Waals surface area contributed by atoms with Crippen molar-refractivity contribution in [2.45, 2.75) is 82.6 Å². The highest BCUT2D eigenvalue weighted by molar-refractivity contribution is 5.83. The number of hydrogen-bond acceptors (Lipinski definition) is 2. The van der Waals surface area contributed by atoms with Crippen LogP contribution in [0, 0.1) is 17.8 Å². The maximum absolute atomic E-state index is 4.85. The first-order valence-corrected chi connectivity index (χ1v) is 12.8. The predicted octanol–water partition coefficient (Wildman–Crippen LogP) is 7.63. The number of aliphatic imine (C=N–C) groups is 1. The number of benzene rings is 2. The molecule has 1 heterocycles. The van der Waals surface area contributed by atoms with Gasteiger partial charge >= 0.3 is 0 Å². The molecule has 1 unspecified atom stereocenters. The summed E-state index contributed by atoms with van der Waals surface area (Å²) in [6.45, 7) is 7.04. The Hall–Kier alpha value is -2.09. The van der Waals surface area contributed by atoms with E-state index >= 15 is 0 Å². The van der Waals surface area contributed by atoms with Gasteiger partial charge in [-0.05, 0) is 129 Å². The Morgan fingerprint density at radius 2 is 1.50 bits per heavy atom. The van der Waals surface area contributed by atoms with Gasteiger partial charge in [0.05, 0.1) is 5.69 Å². The number of rotatable bonds is 3. The highest BCUT2D eigenvalue weighted by atomic mass is 15.2. The van der Waals surface area contributed by atoms with Crippen molar-refractivity contribution >= 4 is 17.6 Å². The summed E-state index contributed by atoms with van der Waals surface area (Å²) in [5.74, 6) is 3.56. The van der Waals surface area contributed by atoms with E-state index in [1.165, 1.54) is 61.8 Å². The molecule has 2 nitrogen and oxygen atoms in total. The van der Waals surface area contributed by atoms with Crippen molar-refractivity contribution in [2.24, 2.45) is 22.7 Å². The van der Waals surface area contributed by atoms with Crippen LogP contribution in [-0.4, -0.2) is 18.8 Å². The lowest BCUT2D eigenvalue weighted by atomic mass is 9.48. The van der Waals surface area contributed by atoms with Gasteiger partial charge in [0.2, 0.25) is 0 Å². The van der Waals surface area contributed by atoms with Gasteiger partial charge in [0.25, 0.3) is 0 Å². The van der Waals surface area contributed by atoms with Gasteiger partial charge in [-0.2, -0.15) is 0 Å². The summed E-state index contributed by atoms with van der Waals surface area (Å²) in [6, 6.07) is 16.1. The first kappa shape index (κ1) is 20.5. The van der Waals surface area contributed by atoms with Gasteiger partial charge < -0.3 is 4.90 Å². The minimum absolute atomic E-state index is 0.209. The Morgan fingerprint density at radius 1 is 0.875 bits per heavy atom. The standard InChI is InChI=1S/C30H38N2/c1-20-15-29(2,3)32(4)28-10-5-21(14-27(20)28)19-31-26-8-6-25(7-9-26)30-16-22-11-23(17-30)13-24(12-22)18-30/h5-10,14,19-20,22-24H,11-13,15-18H2,1-4H3. The van der Waals surface area contributed by atoms with E-state index in [4.69, 9.17) is 4.99 Å². The average Bonchev–Trinajstić information content (AvgIpc) is 2.75. The van der Waals surface area contributed by atoms with Crippen molar-refractivity contribution < 1.29 is 0 Å². The molecule has 7 rings (SSSR count). The molecule has 0 radical (unpaired) electrons. The molecule has 4 aliphatic carbocycles. The monoisotopic (exact) mass is 426 g/mol. The van der Waals surface area contributed by atoms with E-state index in [0.29, 0.717) is 11.3 Å². The summed E-state index contributed by atoms with van der Waals surface area (Å²) in [5, 5.41) is 0. The largest absolute Gasteiger partial charge is 0.369 e. The zero-order chi connectivity index (χ0) is 22.1. The summed E-state index contributed by atoms with van der Waals surface area (Å²) in [4.78, 5) is 7.28. The molecule has 0 spiro atoms. The zero-order valence-electron chi connectivity index (χ0n) is 20.3. The predicted molar refractivity (Wildman–Crippen MR) is 136 cm³/mol. The third-order valence-corrected chi connectivity index (χ3v) is 9.54. The Bertz CT molecular complexity index is 1010. The molecule has 2 aromatic rings. The van der Waals surface area contributed by atoms with E-state index in [0.717, 1.165) is 23.4 Å². The van der Waals surface area contributed by atoms with Crippen LogP contribution in [0.2, 0.25) is 0 Å². The van der Waals surface area contributed by atoms with Crippen LogP contribution in [0.3, 0.4) is 0 Å². The lowest BCUT2D eigenvalue weighted by molar-refractivity contribution is -0.00518. The van der Waals surface area contributed by atoms with Crippen molar-refractivity contribution in [2.75, 3.05) is 11.9 Å². The van der Waals surface area contributed by atoms with E-state index in [1.54, 1.807) is 5.56 Å². The maximum atomic E-state index is 4.85. The number of hydrogen-bond donors (Lipinski definition) is 0. The minimum atomic E-state index is 0.209. The SMILES string of the molecule is CC1CC(C)(C)N(C)c2ccc(C=Nc3ccc(C45CC6CC(CC(C6)C4)C5)cc3)cc21. The Labute approximate surface area is 194 Å². The second-order valence-corrected chi connectivity index (χ2v) is 12.3. The maximum Gasteiger partial charge on any atom is 0.0630 e. The molecule has 4 saturated carbocycles. The van der Waals surface area contributed by atoms with Crippen molar-refractivity contribution in [1.29, 1.82) is 0 Å². The van der Waals surface area contributed by atoms with Crippen LogP contribution in [0.1, 0.15) is 88.3 Å². The summed E-state index contributed by atoms with van der Waals surface area (Å²) in [6.07, 6.45) is 12.0.